The second-order valence-electron chi connectivity index (χ2n) is 11.4. The van der Waals surface area contributed by atoms with Crippen LogP contribution in [0.5, 0.6) is 0 Å². The Hall–Kier alpha value is -4.58. The van der Waals surface area contributed by atoms with Gasteiger partial charge < -0.3 is 44.3 Å². The molecule has 0 heterocycles. The van der Waals surface area contributed by atoms with Crippen molar-refractivity contribution < 1.29 is 63.0 Å². The third kappa shape index (κ3) is 30.4. The highest BCUT2D eigenvalue weighted by atomic mass is 16.5. The first-order valence-electron chi connectivity index (χ1n) is 17.6. The van der Waals surface area contributed by atoms with Gasteiger partial charge in [0.2, 0.25) is 0 Å². The molecule has 0 saturated carbocycles. The summed E-state index contributed by atoms with van der Waals surface area (Å²) in [5.74, 6) is 0.0612. The van der Waals surface area contributed by atoms with Gasteiger partial charge in [-0.25, -0.2) is 4.79 Å². The van der Waals surface area contributed by atoms with Crippen molar-refractivity contribution in [2.24, 2.45) is 5.11 Å². The third-order valence-corrected chi connectivity index (χ3v) is 6.16. The molecule has 0 unspecified atom stereocenters. The molecule has 1 amide bonds. The predicted molar refractivity (Wildman–Crippen MR) is 205 cm³/mol. The lowest BCUT2D eigenvalue weighted by atomic mass is 9.98. The van der Waals surface area contributed by atoms with Gasteiger partial charge in [-0.3, -0.25) is 19.2 Å². The molecule has 2 aromatic rings. The number of hydrogen-bond donors (Lipinski definition) is 4. The van der Waals surface area contributed by atoms with Crippen LogP contribution in [-0.2, 0) is 42.9 Å². The van der Waals surface area contributed by atoms with Crippen molar-refractivity contribution in [1.82, 2.24) is 5.32 Å². The van der Waals surface area contributed by atoms with E-state index in [2.05, 4.69) is 44.3 Å². The second kappa shape index (κ2) is 36.4. The Morgan fingerprint density at radius 3 is 1.53 bits per heavy atom. The lowest BCUT2D eigenvalue weighted by Crippen LogP contribution is -2.29. The maximum Gasteiger partial charge on any atom is 0.407 e. The Bertz CT molecular complexity index is 1350. The largest absolute Gasteiger partial charge is 0.449 e. The summed E-state index contributed by atoms with van der Waals surface area (Å²) in [6, 6.07) is 16.4. The topological polar surface area (TPSA) is 253 Å². The number of aliphatic hydroxyl groups excluding tert-OH is 3. The molecule has 0 atom stereocenters. The molecule has 2 aromatic carbocycles. The van der Waals surface area contributed by atoms with Crippen molar-refractivity contribution in [2.45, 2.75) is 47.0 Å². The number of ether oxygens (including phenoxy) is 5. The second-order valence-corrected chi connectivity index (χ2v) is 11.4. The van der Waals surface area contributed by atoms with Crippen LogP contribution in [0.2, 0.25) is 0 Å². The molecule has 17 heteroatoms. The number of Topliss-reactive ketones (excluding diaryl/α,β-unsaturated/α-hetero) is 4. The van der Waals surface area contributed by atoms with Crippen LogP contribution in [0.4, 0.5) is 4.79 Å². The normalized spacial score (nSPS) is 10.4. The number of carbonyl (C=O) groups excluding carboxylic acids is 5. The average molecular weight is 779 g/mol. The summed E-state index contributed by atoms with van der Waals surface area (Å²) in [7, 11) is 0. The summed E-state index contributed by atoms with van der Waals surface area (Å²) < 4.78 is 24.8. The number of nitrogens with one attached hydrogen (secondary N) is 1. The number of aliphatic hydroxyl groups is 3. The number of benzene rings is 2. The Balaban J connectivity index is 0. The molecule has 1 aliphatic rings. The SMILES string of the molecule is CC(=O)COCCN=[N+]=[N-].CC(=O)COCCNC(=O)OCC1c2ccccc2-c2ccccc21.CC(=O)COCCO.CCCOCC(C)=O.OCCO. The fourth-order valence-corrected chi connectivity index (χ4v) is 4.10. The van der Waals surface area contributed by atoms with Gasteiger partial charge in [-0.15, -0.1) is 0 Å². The van der Waals surface area contributed by atoms with Crippen LogP contribution in [0.1, 0.15) is 58.1 Å². The number of carbonyl (C=O) groups is 5. The van der Waals surface area contributed by atoms with E-state index in [1.807, 2.05) is 31.2 Å². The Morgan fingerprint density at radius 2 is 1.11 bits per heavy atom. The maximum absolute atomic E-state index is 11.9. The van der Waals surface area contributed by atoms with E-state index >= 15 is 0 Å². The van der Waals surface area contributed by atoms with Crippen LogP contribution in [-0.4, -0.2) is 137 Å². The predicted octanol–water partition coefficient (Wildman–Crippen LogP) is 3.59. The number of rotatable bonds is 21. The van der Waals surface area contributed by atoms with Gasteiger partial charge in [0.1, 0.15) is 33.0 Å². The minimum absolute atomic E-state index is 0.0153. The monoisotopic (exact) mass is 778 g/mol. The number of nitrogens with zero attached hydrogens (tertiary/aromatic N) is 3. The zero-order chi connectivity index (χ0) is 41.7. The van der Waals surface area contributed by atoms with E-state index in [9.17, 15) is 24.0 Å². The van der Waals surface area contributed by atoms with Crippen molar-refractivity contribution in [3.05, 3.63) is 70.1 Å². The van der Waals surface area contributed by atoms with Gasteiger partial charge in [0.05, 0.1) is 39.6 Å². The van der Waals surface area contributed by atoms with Gasteiger partial charge in [0.25, 0.3) is 0 Å². The molecule has 55 heavy (non-hydrogen) atoms. The summed E-state index contributed by atoms with van der Waals surface area (Å²) >= 11 is 0. The lowest BCUT2D eigenvalue weighted by molar-refractivity contribution is -0.122. The highest BCUT2D eigenvalue weighted by Crippen LogP contribution is 2.44. The van der Waals surface area contributed by atoms with Crippen molar-refractivity contribution in [2.75, 3.05) is 92.4 Å². The number of fused-ring (bicyclic) bond motifs is 3. The molecule has 0 aromatic heterocycles. The molecule has 308 valence electrons. The van der Waals surface area contributed by atoms with Crippen LogP contribution in [0.15, 0.2) is 53.6 Å². The fourth-order valence-electron chi connectivity index (χ4n) is 4.10. The molecule has 17 nitrogen and oxygen atoms in total. The molecule has 0 saturated heterocycles. The van der Waals surface area contributed by atoms with E-state index in [-0.39, 0.29) is 102 Å². The van der Waals surface area contributed by atoms with E-state index in [1.54, 1.807) is 0 Å². The molecule has 0 spiro atoms. The summed E-state index contributed by atoms with van der Waals surface area (Å²) in [6.07, 6.45) is 0.501. The summed E-state index contributed by atoms with van der Waals surface area (Å²) in [6.45, 7) is 10.6. The van der Waals surface area contributed by atoms with Crippen LogP contribution < -0.4 is 5.32 Å². The minimum atomic E-state index is -0.478. The smallest absolute Gasteiger partial charge is 0.407 e. The first kappa shape index (κ1) is 52.5. The molecule has 4 N–H and O–H groups in total. The first-order chi connectivity index (χ1) is 26.4. The van der Waals surface area contributed by atoms with E-state index in [4.69, 9.17) is 39.8 Å². The van der Waals surface area contributed by atoms with E-state index in [1.165, 1.54) is 49.9 Å². The van der Waals surface area contributed by atoms with E-state index in [0.29, 0.717) is 19.8 Å². The standard InChI is InChI=1S/C20H21NO4.C6H12O2.C5H9N3O2.C5H10O3.C2H6O2/c1-14(22)12-24-11-10-21-20(23)25-13-19-17-8-4-2-6-15(17)16-7-3-5-9-18(16)19;1-3-4-8-5-6(2)7;1-5(9)4-10-3-2-7-8-6;1-5(7)4-8-3-2-6;3-1-2-4/h2-9,19H,10-13H2,1H3,(H,21,23);3-5H2,1-2H3;2-4H2,1H3;6H,2-4H2,1H3;3-4H,1-2H2. The van der Waals surface area contributed by atoms with Crippen molar-refractivity contribution in [3.8, 4) is 11.1 Å². The van der Waals surface area contributed by atoms with Crippen LogP contribution in [0.25, 0.3) is 21.6 Å². The van der Waals surface area contributed by atoms with E-state index in [0.717, 1.165) is 6.42 Å². The van der Waals surface area contributed by atoms with Gasteiger partial charge in [-0.2, -0.15) is 0 Å². The maximum atomic E-state index is 11.9. The van der Waals surface area contributed by atoms with Gasteiger partial charge >= 0.3 is 6.09 Å². The number of alkyl carbamates (subject to hydrolysis) is 1. The number of amides is 1. The quantitative estimate of drug-likeness (QED) is 0.0613. The molecule has 3 rings (SSSR count). The zero-order valence-corrected chi connectivity index (χ0v) is 32.6. The van der Waals surface area contributed by atoms with Crippen LogP contribution in [0.3, 0.4) is 0 Å². The highest BCUT2D eigenvalue weighted by molar-refractivity contribution is 5.79. The van der Waals surface area contributed by atoms with Gasteiger partial charge in [-0.1, -0.05) is 60.6 Å². The van der Waals surface area contributed by atoms with Crippen LogP contribution >= 0.6 is 0 Å². The van der Waals surface area contributed by atoms with Crippen molar-refractivity contribution >= 4 is 29.2 Å². The summed E-state index contributed by atoms with van der Waals surface area (Å²) in [5, 5.41) is 29.2. The Labute approximate surface area is 322 Å². The van der Waals surface area contributed by atoms with Gasteiger partial charge in [0.15, 0.2) is 23.1 Å². The molecule has 0 radical (unpaired) electrons. The summed E-state index contributed by atoms with van der Waals surface area (Å²) in [4.78, 5) is 55.7. The average Bonchev–Trinajstić information content (AvgIpc) is 3.48. The Kier molecular flexibility index (Phi) is 34.8. The van der Waals surface area contributed by atoms with Gasteiger partial charge in [0, 0.05) is 30.5 Å². The highest BCUT2D eigenvalue weighted by Gasteiger charge is 2.28. The number of azide groups is 1. The Morgan fingerprint density at radius 1 is 0.673 bits per heavy atom. The number of hydrogen-bond acceptors (Lipinski definition) is 14. The first-order valence-corrected chi connectivity index (χ1v) is 17.6. The van der Waals surface area contributed by atoms with E-state index < -0.39 is 6.09 Å². The minimum Gasteiger partial charge on any atom is -0.449 e. The zero-order valence-electron chi connectivity index (χ0n) is 32.6. The molecular formula is C38H58N4O13. The molecular weight excluding hydrogens is 720 g/mol. The molecule has 0 bridgehead atoms. The lowest BCUT2D eigenvalue weighted by Gasteiger charge is -2.14. The molecule has 0 fully saturated rings. The summed E-state index contributed by atoms with van der Waals surface area (Å²) in [5.41, 5.74) is 12.6. The number of ketones is 4. The fraction of sp³-hybridized carbons (Fsp3) is 0.553. The molecule has 1 aliphatic carbocycles. The third-order valence-electron chi connectivity index (χ3n) is 6.16. The van der Waals surface area contributed by atoms with Crippen molar-refractivity contribution in [1.29, 1.82) is 0 Å². The van der Waals surface area contributed by atoms with Crippen LogP contribution in [0, 0.1) is 0 Å². The molecule has 0 aliphatic heterocycles. The van der Waals surface area contributed by atoms with Gasteiger partial charge in [-0.05, 0) is 61.9 Å². The van der Waals surface area contributed by atoms with Crippen molar-refractivity contribution in [3.63, 3.8) is 0 Å².